The van der Waals surface area contributed by atoms with Gasteiger partial charge in [0.2, 0.25) is 16.9 Å². The van der Waals surface area contributed by atoms with Crippen molar-refractivity contribution < 1.29 is 14.0 Å². The number of hydrogen-bond donors (Lipinski definition) is 2. The summed E-state index contributed by atoms with van der Waals surface area (Å²) >= 11 is 2.43. The summed E-state index contributed by atoms with van der Waals surface area (Å²) in [5.74, 6) is -0.679. The number of nitrogens with one attached hydrogen (secondary N) is 2. The number of anilines is 2. The Morgan fingerprint density at radius 2 is 1.92 bits per heavy atom. The quantitative estimate of drug-likeness (QED) is 0.573. The standard InChI is InChI=1S/C17H19FN4O2S2/c18-12-8-4-5-9-13(12)19-14(23)10-25-17-22-21-16(26-17)20-15(24)11-6-2-1-3-7-11/h4-5,8-9,11H,1-3,6-7,10H2,(H,19,23)(H,20,21,24). The van der Waals surface area contributed by atoms with Gasteiger partial charge in [0.15, 0.2) is 4.34 Å². The fourth-order valence-corrected chi connectivity index (χ4v) is 4.32. The molecular weight excluding hydrogens is 375 g/mol. The first-order valence-electron chi connectivity index (χ1n) is 8.43. The van der Waals surface area contributed by atoms with E-state index in [-0.39, 0.29) is 29.2 Å². The fourth-order valence-electron chi connectivity index (χ4n) is 2.77. The normalized spacial score (nSPS) is 14.8. The van der Waals surface area contributed by atoms with Crippen molar-refractivity contribution in [3.8, 4) is 0 Å². The summed E-state index contributed by atoms with van der Waals surface area (Å²) in [4.78, 5) is 24.1. The van der Waals surface area contributed by atoms with Crippen molar-refractivity contribution in [1.82, 2.24) is 10.2 Å². The number of benzene rings is 1. The lowest BCUT2D eigenvalue weighted by molar-refractivity contribution is -0.120. The second kappa shape index (κ2) is 9.09. The summed E-state index contributed by atoms with van der Waals surface area (Å²) in [6.45, 7) is 0. The van der Waals surface area contributed by atoms with Crippen LogP contribution < -0.4 is 10.6 Å². The molecule has 1 aromatic heterocycles. The number of hydrogen-bond acceptors (Lipinski definition) is 6. The van der Waals surface area contributed by atoms with Crippen LogP contribution in [0.15, 0.2) is 28.6 Å². The van der Waals surface area contributed by atoms with Crippen LogP contribution in [0.3, 0.4) is 0 Å². The lowest BCUT2D eigenvalue weighted by atomic mass is 9.89. The fraction of sp³-hybridized carbons (Fsp3) is 0.412. The Balaban J connectivity index is 1.46. The molecule has 0 aliphatic heterocycles. The molecule has 6 nitrogen and oxygen atoms in total. The summed E-state index contributed by atoms with van der Waals surface area (Å²) in [7, 11) is 0. The molecule has 1 heterocycles. The maximum absolute atomic E-state index is 13.5. The molecule has 2 N–H and O–H groups in total. The highest BCUT2D eigenvalue weighted by Gasteiger charge is 2.22. The minimum absolute atomic E-state index is 0.00491. The number of thioether (sulfide) groups is 1. The molecule has 1 fully saturated rings. The summed E-state index contributed by atoms with van der Waals surface area (Å²) in [6.07, 6.45) is 5.21. The van der Waals surface area contributed by atoms with Crippen LogP contribution in [0.5, 0.6) is 0 Å². The predicted octanol–water partition coefficient (Wildman–Crippen LogP) is 3.93. The molecule has 2 amide bonds. The molecular formula is C17H19FN4O2S2. The van der Waals surface area contributed by atoms with Crippen molar-refractivity contribution in [2.45, 2.75) is 36.4 Å². The molecule has 3 rings (SSSR count). The Bertz CT molecular complexity index is 778. The van der Waals surface area contributed by atoms with Crippen LogP contribution in [0.25, 0.3) is 0 Å². The molecule has 9 heteroatoms. The Labute approximate surface area is 159 Å². The average molecular weight is 394 g/mol. The van der Waals surface area contributed by atoms with Gasteiger partial charge >= 0.3 is 0 Å². The SMILES string of the molecule is O=C(CSc1nnc(NC(=O)C2CCCCC2)s1)Nc1ccccc1F. The van der Waals surface area contributed by atoms with E-state index < -0.39 is 5.82 Å². The summed E-state index contributed by atoms with van der Waals surface area (Å²) in [5.41, 5.74) is 0.149. The van der Waals surface area contributed by atoms with E-state index in [2.05, 4.69) is 20.8 Å². The first-order chi connectivity index (χ1) is 12.6. The van der Waals surface area contributed by atoms with Crippen molar-refractivity contribution in [2.24, 2.45) is 5.92 Å². The molecule has 0 bridgehead atoms. The highest BCUT2D eigenvalue weighted by Crippen LogP contribution is 2.28. The Morgan fingerprint density at radius 3 is 2.69 bits per heavy atom. The largest absolute Gasteiger partial charge is 0.323 e. The molecule has 0 radical (unpaired) electrons. The lowest BCUT2D eigenvalue weighted by Crippen LogP contribution is -2.24. The highest BCUT2D eigenvalue weighted by atomic mass is 32.2. The van der Waals surface area contributed by atoms with Gasteiger partial charge in [-0.2, -0.15) is 0 Å². The van der Waals surface area contributed by atoms with Gasteiger partial charge in [-0.25, -0.2) is 4.39 Å². The first kappa shape index (κ1) is 18.8. The van der Waals surface area contributed by atoms with Crippen LogP contribution in [0.1, 0.15) is 32.1 Å². The summed E-state index contributed by atoms with van der Waals surface area (Å²) < 4.78 is 14.1. The smallest absolute Gasteiger partial charge is 0.234 e. The van der Waals surface area contributed by atoms with Crippen molar-refractivity contribution in [1.29, 1.82) is 0 Å². The van der Waals surface area contributed by atoms with Crippen molar-refractivity contribution >= 4 is 45.7 Å². The third-order valence-corrected chi connectivity index (χ3v) is 6.06. The average Bonchev–Trinajstić information content (AvgIpc) is 3.10. The minimum atomic E-state index is -0.477. The van der Waals surface area contributed by atoms with Gasteiger partial charge in [0.25, 0.3) is 0 Å². The number of nitrogens with zero attached hydrogens (tertiary/aromatic N) is 2. The number of para-hydroxylation sites is 1. The van der Waals surface area contributed by atoms with Gasteiger partial charge < -0.3 is 10.6 Å². The highest BCUT2D eigenvalue weighted by molar-refractivity contribution is 8.01. The van der Waals surface area contributed by atoms with Crippen molar-refractivity contribution in [2.75, 3.05) is 16.4 Å². The maximum Gasteiger partial charge on any atom is 0.234 e. The van der Waals surface area contributed by atoms with Crippen LogP contribution in [0.4, 0.5) is 15.2 Å². The van der Waals surface area contributed by atoms with E-state index in [1.807, 2.05) is 0 Å². The van der Waals surface area contributed by atoms with Crippen molar-refractivity contribution in [3.63, 3.8) is 0 Å². The Hall–Kier alpha value is -2.00. The molecule has 0 unspecified atom stereocenters. The number of rotatable bonds is 6. The summed E-state index contributed by atoms with van der Waals surface area (Å²) in [5, 5.41) is 13.7. The van der Waals surface area contributed by atoms with E-state index in [4.69, 9.17) is 0 Å². The van der Waals surface area contributed by atoms with Gasteiger partial charge in [-0.1, -0.05) is 54.5 Å². The molecule has 0 atom stereocenters. The van der Waals surface area contributed by atoms with Crippen LogP contribution in [0, 0.1) is 11.7 Å². The lowest BCUT2D eigenvalue weighted by Gasteiger charge is -2.19. The zero-order chi connectivity index (χ0) is 18.4. The Kier molecular flexibility index (Phi) is 6.56. The molecule has 1 aliphatic carbocycles. The first-order valence-corrected chi connectivity index (χ1v) is 10.2. The second-order valence-electron chi connectivity index (χ2n) is 6.01. The molecule has 2 aromatic rings. The molecule has 1 aromatic carbocycles. The van der Waals surface area contributed by atoms with E-state index >= 15 is 0 Å². The van der Waals surface area contributed by atoms with Crippen LogP contribution in [0.2, 0.25) is 0 Å². The topological polar surface area (TPSA) is 84.0 Å². The Morgan fingerprint density at radius 1 is 1.15 bits per heavy atom. The number of aromatic nitrogens is 2. The number of halogens is 1. The molecule has 26 heavy (non-hydrogen) atoms. The van der Waals surface area contributed by atoms with Gasteiger partial charge in [0, 0.05) is 5.92 Å². The molecule has 0 spiro atoms. The third-order valence-electron chi connectivity index (χ3n) is 4.09. The van der Waals surface area contributed by atoms with E-state index in [0.29, 0.717) is 9.47 Å². The van der Waals surface area contributed by atoms with Crippen LogP contribution >= 0.6 is 23.1 Å². The van der Waals surface area contributed by atoms with Gasteiger partial charge in [-0.15, -0.1) is 10.2 Å². The molecule has 0 saturated heterocycles. The molecule has 1 saturated carbocycles. The number of carbonyl (C=O) groups is 2. The third kappa shape index (κ3) is 5.25. The van der Waals surface area contributed by atoms with Crippen LogP contribution in [-0.4, -0.2) is 27.8 Å². The van der Waals surface area contributed by atoms with Gasteiger partial charge in [-0.3, -0.25) is 9.59 Å². The monoisotopic (exact) mass is 394 g/mol. The van der Waals surface area contributed by atoms with Gasteiger partial charge in [-0.05, 0) is 25.0 Å². The maximum atomic E-state index is 13.5. The minimum Gasteiger partial charge on any atom is -0.323 e. The molecule has 1 aliphatic rings. The van der Waals surface area contributed by atoms with Crippen molar-refractivity contribution in [3.05, 3.63) is 30.1 Å². The zero-order valence-corrected chi connectivity index (χ0v) is 15.7. The van der Waals surface area contributed by atoms with Crippen LogP contribution in [-0.2, 0) is 9.59 Å². The van der Waals surface area contributed by atoms with E-state index in [9.17, 15) is 14.0 Å². The van der Waals surface area contributed by atoms with Gasteiger partial charge in [0.1, 0.15) is 5.82 Å². The van der Waals surface area contributed by atoms with E-state index in [0.717, 1.165) is 25.7 Å². The molecule has 138 valence electrons. The number of carbonyl (C=O) groups excluding carboxylic acids is 2. The van der Waals surface area contributed by atoms with E-state index in [1.54, 1.807) is 12.1 Å². The second-order valence-corrected chi connectivity index (χ2v) is 8.21. The summed E-state index contributed by atoms with van der Waals surface area (Å²) in [6, 6.07) is 6.00. The zero-order valence-electron chi connectivity index (χ0n) is 14.0. The predicted molar refractivity (Wildman–Crippen MR) is 101 cm³/mol. The van der Waals surface area contributed by atoms with E-state index in [1.165, 1.54) is 41.7 Å². The van der Waals surface area contributed by atoms with Gasteiger partial charge in [0.05, 0.1) is 11.4 Å². The number of amides is 2.